The van der Waals surface area contributed by atoms with Crippen molar-refractivity contribution in [3.8, 4) is 11.5 Å². The first-order chi connectivity index (χ1) is 6.60. The fourth-order valence-electron chi connectivity index (χ4n) is 1.22. The molecule has 4 heteroatoms. The molecule has 14 heavy (non-hydrogen) atoms. The predicted octanol–water partition coefficient (Wildman–Crippen LogP) is 1.50. The number of phenols is 1. The summed E-state index contributed by atoms with van der Waals surface area (Å²) in [4.78, 5) is 11.2. The second-order valence-electron chi connectivity index (χ2n) is 2.83. The molecule has 0 aliphatic heterocycles. The Morgan fingerprint density at radius 2 is 2.00 bits per heavy atom. The van der Waals surface area contributed by atoms with E-state index in [1.165, 1.54) is 20.3 Å². The van der Waals surface area contributed by atoms with Crippen LogP contribution in [0.5, 0.6) is 11.5 Å². The van der Waals surface area contributed by atoms with Gasteiger partial charge in [0.15, 0.2) is 0 Å². The van der Waals surface area contributed by atoms with Gasteiger partial charge in [-0.3, -0.25) is 0 Å². The van der Waals surface area contributed by atoms with Gasteiger partial charge in [-0.25, -0.2) is 4.79 Å². The lowest BCUT2D eigenvalue weighted by Crippen LogP contribution is -2.04. The Balaban J connectivity index is 3.25. The van der Waals surface area contributed by atoms with Gasteiger partial charge in [-0.1, -0.05) is 0 Å². The number of benzene rings is 1. The van der Waals surface area contributed by atoms with Gasteiger partial charge in [-0.05, 0) is 18.6 Å². The molecule has 1 aromatic rings. The fraction of sp³-hybridized carbons (Fsp3) is 0.300. The number of ether oxygens (including phenoxy) is 2. The molecule has 0 spiro atoms. The van der Waals surface area contributed by atoms with Crippen LogP contribution in [0.1, 0.15) is 15.9 Å². The number of carbonyl (C=O) groups excluding carboxylic acids is 1. The maximum Gasteiger partial charge on any atom is 0.341 e. The average molecular weight is 196 g/mol. The van der Waals surface area contributed by atoms with Gasteiger partial charge in [0.2, 0.25) is 0 Å². The molecule has 0 radical (unpaired) electrons. The Morgan fingerprint density at radius 3 is 2.43 bits per heavy atom. The monoisotopic (exact) mass is 196 g/mol. The van der Waals surface area contributed by atoms with Gasteiger partial charge in [-0.2, -0.15) is 0 Å². The SMILES string of the molecule is COC(=O)c1c(C)cc(OC)cc1O. The van der Waals surface area contributed by atoms with Crippen molar-refractivity contribution in [3.05, 3.63) is 23.3 Å². The molecule has 0 saturated carbocycles. The van der Waals surface area contributed by atoms with E-state index in [1.54, 1.807) is 13.0 Å². The summed E-state index contributed by atoms with van der Waals surface area (Å²) in [7, 11) is 2.76. The summed E-state index contributed by atoms with van der Waals surface area (Å²) < 4.78 is 9.46. The fourth-order valence-corrected chi connectivity index (χ4v) is 1.22. The molecule has 0 aliphatic carbocycles. The molecule has 1 N–H and O–H groups in total. The molecular formula is C10H12O4. The van der Waals surface area contributed by atoms with Gasteiger partial charge in [0.1, 0.15) is 17.1 Å². The van der Waals surface area contributed by atoms with Crippen molar-refractivity contribution in [3.63, 3.8) is 0 Å². The number of hydrogen-bond acceptors (Lipinski definition) is 4. The quantitative estimate of drug-likeness (QED) is 0.728. The van der Waals surface area contributed by atoms with Crippen LogP contribution in [0.15, 0.2) is 12.1 Å². The zero-order chi connectivity index (χ0) is 10.7. The summed E-state index contributed by atoms with van der Waals surface area (Å²) in [5, 5.41) is 9.52. The lowest BCUT2D eigenvalue weighted by atomic mass is 10.1. The highest BCUT2D eigenvalue weighted by molar-refractivity contribution is 5.94. The molecular weight excluding hydrogens is 184 g/mol. The number of methoxy groups -OCH3 is 2. The molecule has 0 aliphatic rings. The first-order valence-corrected chi connectivity index (χ1v) is 4.06. The van der Waals surface area contributed by atoms with Gasteiger partial charge < -0.3 is 14.6 Å². The number of aromatic hydroxyl groups is 1. The minimum atomic E-state index is -0.553. The zero-order valence-corrected chi connectivity index (χ0v) is 8.33. The van der Waals surface area contributed by atoms with E-state index in [0.29, 0.717) is 11.3 Å². The van der Waals surface area contributed by atoms with Crippen molar-refractivity contribution in [1.29, 1.82) is 0 Å². The molecule has 76 valence electrons. The number of carbonyl (C=O) groups is 1. The lowest BCUT2D eigenvalue weighted by Gasteiger charge is -2.08. The Labute approximate surface area is 82.1 Å². The molecule has 1 aromatic carbocycles. The maximum atomic E-state index is 11.2. The van der Waals surface area contributed by atoms with Crippen molar-refractivity contribution < 1.29 is 19.4 Å². The van der Waals surface area contributed by atoms with Crippen molar-refractivity contribution >= 4 is 5.97 Å². The predicted molar refractivity (Wildman–Crippen MR) is 50.7 cm³/mol. The molecule has 0 amide bonds. The summed E-state index contributed by atoms with van der Waals surface area (Å²) in [6.45, 7) is 1.70. The molecule has 4 nitrogen and oxygen atoms in total. The maximum absolute atomic E-state index is 11.2. The summed E-state index contributed by atoms with van der Waals surface area (Å²) in [6, 6.07) is 3.03. The van der Waals surface area contributed by atoms with Gasteiger partial charge >= 0.3 is 5.97 Å². The molecule has 0 unspecified atom stereocenters. The van der Waals surface area contributed by atoms with Crippen LogP contribution in [0.3, 0.4) is 0 Å². The van der Waals surface area contributed by atoms with Crippen LogP contribution in [0.4, 0.5) is 0 Å². The number of hydrogen-bond donors (Lipinski definition) is 1. The number of esters is 1. The van der Waals surface area contributed by atoms with E-state index < -0.39 is 5.97 Å². The average Bonchev–Trinajstić information content (AvgIpc) is 2.16. The Bertz CT molecular complexity index is 334. The molecule has 1 rings (SSSR count). The van der Waals surface area contributed by atoms with E-state index >= 15 is 0 Å². The van der Waals surface area contributed by atoms with Crippen molar-refractivity contribution in [1.82, 2.24) is 0 Å². The van der Waals surface area contributed by atoms with E-state index in [2.05, 4.69) is 4.74 Å². The first-order valence-electron chi connectivity index (χ1n) is 4.06. The molecule has 0 aromatic heterocycles. The summed E-state index contributed by atoms with van der Waals surface area (Å²) in [5.41, 5.74) is 0.794. The highest BCUT2D eigenvalue weighted by atomic mass is 16.5. The van der Waals surface area contributed by atoms with Crippen LogP contribution in [-0.4, -0.2) is 25.3 Å². The Hall–Kier alpha value is -1.71. The number of aryl methyl sites for hydroxylation is 1. The van der Waals surface area contributed by atoms with Crippen LogP contribution in [-0.2, 0) is 4.74 Å². The minimum Gasteiger partial charge on any atom is -0.507 e. The van der Waals surface area contributed by atoms with E-state index in [0.717, 1.165) is 0 Å². The second-order valence-corrected chi connectivity index (χ2v) is 2.83. The minimum absolute atomic E-state index is 0.131. The van der Waals surface area contributed by atoms with Crippen LogP contribution in [0, 0.1) is 6.92 Å². The van der Waals surface area contributed by atoms with Crippen LogP contribution < -0.4 is 4.74 Å². The second kappa shape index (κ2) is 4.00. The molecule has 0 bridgehead atoms. The van der Waals surface area contributed by atoms with Gasteiger partial charge in [-0.15, -0.1) is 0 Å². The lowest BCUT2D eigenvalue weighted by molar-refractivity contribution is 0.0596. The van der Waals surface area contributed by atoms with Crippen molar-refractivity contribution in [2.24, 2.45) is 0 Å². The van der Waals surface area contributed by atoms with Crippen LogP contribution in [0.2, 0.25) is 0 Å². The largest absolute Gasteiger partial charge is 0.507 e. The topological polar surface area (TPSA) is 55.8 Å². The standard InChI is InChI=1S/C10H12O4/c1-6-4-7(13-2)5-8(11)9(6)10(12)14-3/h4-5,11H,1-3H3. The van der Waals surface area contributed by atoms with Crippen LogP contribution >= 0.6 is 0 Å². The number of phenolic OH excluding ortho intramolecular Hbond substituents is 1. The van der Waals surface area contributed by atoms with Crippen molar-refractivity contribution in [2.45, 2.75) is 6.92 Å². The third kappa shape index (κ3) is 1.79. The normalized spacial score (nSPS) is 9.64. The summed E-state index contributed by atoms with van der Waals surface area (Å²) >= 11 is 0. The van der Waals surface area contributed by atoms with Crippen LogP contribution in [0.25, 0.3) is 0 Å². The zero-order valence-electron chi connectivity index (χ0n) is 8.33. The first kappa shape index (κ1) is 10.4. The smallest absolute Gasteiger partial charge is 0.341 e. The molecule has 0 atom stereocenters. The van der Waals surface area contributed by atoms with Gasteiger partial charge in [0.05, 0.1) is 14.2 Å². The van der Waals surface area contributed by atoms with E-state index in [-0.39, 0.29) is 11.3 Å². The van der Waals surface area contributed by atoms with E-state index in [9.17, 15) is 9.90 Å². The van der Waals surface area contributed by atoms with E-state index in [4.69, 9.17) is 4.74 Å². The van der Waals surface area contributed by atoms with Gasteiger partial charge in [0, 0.05) is 6.07 Å². The molecule has 0 saturated heterocycles. The molecule has 0 heterocycles. The van der Waals surface area contributed by atoms with Gasteiger partial charge in [0.25, 0.3) is 0 Å². The Morgan fingerprint density at radius 1 is 1.36 bits per heavy atom. The summed E-state index contributed by atoms with van der Waals surface area (Å²) in [6.07, 6.45) is 0. The Kier molecular flexibility index (Phi) is 2.96. The molecule has 0 fully saturated rings. The van der Waals surface area contributed by atoms with Crippen molar-refractivity contribution in [2.75, 3.05) is 14.2 Å². The third-order valence-corrected chi connectivity index (χ3v) is 1.91. The van der Waals surface area contributed by atoms with E-state index in [1.807, 2.05) is 0 Å². The highest BCUT2D eigenvalue weighted by Crippen LogP contribution is 2.27. The number of rotatable bonds is 2. The highest BCUT2D eigenvalue weighted by Gasteiger charge is 2.15. The summed E-state index contributed by atoms with van der Waals surface area (Å²) in [5.74, 6) is -0.177. The third-order valence-electron chi connectivity index (χ3n) is 1.91.